The molecule has 0 aliphatic carbocycles. The molecule has 1 aromatic heterocycles. The van der Waals surface area contributed by atoms with Gasteiger partial charge in [-0.3, -0.25) is 9.36 Å². The first-order valence-corrected chi connectivity index (χ1v) is 9.32. The van der Waals surface area contributed by atoms with Crippen LogP contribution < -0.4 is 4.87 Å². The van der Waals surface area contributed by atoms with Crippen LogP contribution in [0.1, 0.15) is 32.7 Å². The van der Waals surface area contributed by atoms with Crippen LogP contribution in [0.25, 0.3) is 10.2 Å². The molecule has 0 radical (unpaired) electrons. The van der Waals surface area contributed by atoms with Gasteiger partial charge in [0.25, 0.3) is 0 Å². The molecule has 2 heterocycles. The van der Waals surface area contributed by atoms with Crippen LogP contribution in [0.5, 0.6) is 0 Å². The van der Waals surface area contributed by atoms with E-state index in [1.54, 1.807) is 22.8 Å². The van der Waals surface area contributed by atoms with Crippen LogP contribution in [0.4, 0.5) is 0 Å². The van der Waals surface area contributed by atoms with Gasteiger partial charge in [-0.25, -0.2) is 8.42 Å². The maximum Gasteiger partial charge on any atom is 0.308 e. The molecule has 0 spiro atoms. The second kappa shape index (κ2) is 5.23. The highest BCUT2D eigenvalue weighted by atomic mass is 32.2. The van der Waals surface area contributed by atoms with Gasteiger partial charge in [0.2, 0.25) is 10.0 Å². The number of sulfonamides is 1. The van der Waals surface area contributed by atoms with Crippen molar-refractivity contribution >= 4 is 31.6 Å². The van der Waals surface area contributed by atoms with Crippen LogP contribution in [0.2, 0.25) is 0 Å². The van der Waals surface area contributed by atoms with Gasteiger partial charge in [-0.1, -0.05) is 11.3 Å². The minimum absolute atomic E-state index is 0.0456. The van der Waals surface area contributed by atoms with E-state index in [0.29, 0.717) is 13.1 Å². The third kappa shape index (κ3) is 2.43. The van der Waals surface area contributed by atoms with E-state index in [9.17, 15) is 13.2 Å². The number of nitrogens with zero attached hydrogens (tertiary/aromatic N) is 2. The normalized spacial score (nSPS) is 17.1. The van der Waals surface area contributed by atoms with Crippen LogP contribution in [-0.2, 0) is 10.0 Å². The Morgan fingerprint density at radius 2 is 1.86 bits per heavy atom. The van der Waals surface area contributed by atoms with Crippen LogP contribution >= 0.6 is 11.3 Å². The van der Waals surface area contributed by atoms with Crippen molar-refractivity contribution in [2.75, 3.05) is 13.1 Å². The minimum Gasteiger partial charge on any atom is -0.296 e. The first-order valence-electron chi connectivity index (χ1n) is 7.06. The summed E-state index contributed by atoms with van der Waals surface area (Å²) in [7, 11) is -3.43. The molecule has 1 fully saturated rings. The monoisotopic (exact) mass is 326 g/mol. The highest BCUT2D eigenvalue weighted by Gasteiger charge is 2.27. The quantitative estimate of drug-likeness (QED) is 0.870. The summed E-state index contributed by atoms with van der Waals surface area (Å²) in [6.45, 7) is 5.07. The van der Waals surface area contributed by atoms with E-state index in [2.05, 4.69) is 0 Å². The average Bonchev–Trinajstić information content (AvgIpc) is 3.03. The Morgan fingerprint density at radius 1 is 1.19 bits per heavy atom. The Labute approximate surface area is 127 Å². The van der Waals surface area contributed by atoms with Crippen molar-refractivity contribution in [3.8, 4) is 0 Å². The van der Waals surface area contributed by atoms with E-state index in [4.69, 9.17) is 0 Å². The van der Waals surface area contributed by atoms with Crippen molar-refractivity contribution in [3.05, 3.63) is 27.9 Å². The fourth-order valence-electron chi connectivity index (χ4n) is 2.74. The Hall–Kier alpha value is -1.18. The standard InChI is InChI=1S/C14H18N2O3S2/c1-10(2)16-12-6-5-11(9-13(12)20-14(16)17)21(18,19)15-7-3-4-8-15/h5-6,9-10H,3-4,7-8H2,1-2H3. The van der Waals surface area contributed by atoms with Gasteiger partial charge in [0.1, 0.15) is 0 Å². The van der Waals surface area contributed by atoms with E-state index < -0.39 is 10.0 Å². The lowest BCUT2D eigenvalue weighted by atomic mass is 10.3. The first kappa shape index (κ1) is 14.7. The number of thiazole rings is 1. The smallest absolute Gasteiger partial charge is 0.296 e. The SMILES string of the molecule is CC(C)n1c(=O)sc2cc(S(=O)(=O)N3CCCC3)ccc21. The summed E-state index contributed by atoms with van der Waals surface area (Å²) in [6, 6.07) is 5.05. The molecule has 0 bridgehead atoms. The third-order valence-corrected chi connectivity index (χ3v) is 6.62. The second-order valence-electron chi connectivity index (χ2n) is 5.57. The molecule has 5 nitrogen and oxygen atoms in total. The molecular formula is C14H18N2O3S2. The van der Waals surface area contributed by atoms with Crippen molar-refractivity contribution in [1.82, 2.24) is 8.87 Å². The average molecular weight is 326 g/mol. The van der Waals surface area contributed by atoms with Crippen molar-refractivity contribution in [1.29, 1.82) is 0 Å². The van der Waals surface area contributed by atoms with Gasteiger partial charge < -0.3 is 0 Å². The molecule has 1 aromatic carbocycles. The molecule has 0 N–H and O–H groups in total. The zero-order chi connectivity index (χ0) is 15.2. The van der Waals surface area contributed by atoms with Gasteiger partial charge in [0.15, 0.2) is 0 Å². The molecular weight excluding hydrogens is 308 g/mol. The molecule has 0 saturated carbocycles. The summed E-state index contributed by atoms with van der Waals surface area (Å²) in [5, 5.41) is 0. The molecule has 7 heteroatoms. The van der Waals surface area contributed by atoms with E-state index in [1.807, 2.05) is 13.8 Å². The summed E-state index contributed by atoms with van der Waals surface area (Å²) in [6.07, 6.45) is 1.83. The number of rotatable bonds is 3. The lowest BCUT2D eigenvalue weighted by Gasteiger charge is -2.15. The molecule has 2 aromatic rings. The summed E-state index contributed by atoms with van der Waals surface area (Å²) in [5.74, 6) is 0. The molecule has 1 aliphatic heterocycles. The van der Waals surface area contributed by atoms with Crippen LogP contribution in [0.15, 0.2) is 27.9 Å². The predicted molar refractivity (Wildman–Crippen MR) is 84.5 cm³/mol. The maximum absolute atomic E-state index is 12.5. The fourth-order valence-corrected chi connectivity index (χ4v) is 5.41. The molecule has 1 saturated heterocycles. The van der Waals surface area contributed by atoms with E-state index >= 15 is 0 Å². The van der Waals surface area contributed by atoms with Gasteiger partial charge in [-0.05, 0) is 44.9 Å². The highest BCUT2D eigenvalue weighted by Crippen LogP contribution is 2.27. The van der Waals surface area contributed by atoms with Gasteiger partial charge in [-0.15, -0.1) is 0 Å². The fraction of sp³-hybridized carbons (Fsp3) is 0.500. The largest absolute Gasteiger partial charge is 0.308 e. The predicted octanol–water partition coefficient (Wildman–Crippen LogP) is 2.43. The molecule has 0 atom stereocenters. The summed E-state index contributed by atoms with van der Waals surface area (Å²) in [4.78, 5) is 12.3. The van der Waals surface area contributed by atoms with Crippen LogP contribution in [-0.4, -0.2) is 30.4 Å². The highest BCUT2D eigenvalue weighted by molar-refractivity contribution is 7.89. The van der Waals surface area contributed by atoms with Crippen molar-refractivity contribution in [2.45, 2.75) is 37.6 Å². The lowest BCUT2D eigenvalue weighted by Crippen LogP contribution is -2.27. The minimum atomic E-state index is -3.43. The molecule has 3 rings (SSSR count). The van der Waals surface area contributed by atoms with Crippen LogP contribution in [0.3, 0.4) is 0 Å². The van der Waals surface area contributed by atoms with E-state index in [-0.39, 0.29) is 15.8 Å². The van der Waals surface area contributed by atoms with E-state index in [0.717, 1.165) is 34.4 Å². The lowest BCUT2D eigenvalue weighted by molar-refractivity contribution is 0.477. The molecule has 114 valence electrons. The number of hydrogen-bond donors (Lipinski definition) is 0. The third-order valence-electron chi connectivity index (χ3n) is 3.80. The number of hydrogen-bond acceptors (Lipinski definition) is 4. The summed E-state index contributed by atoms with van der Waals surface area (Å²) < 4.78 is 29.1. The van der Waals surface area contributed by atoms with Gasteiger partial charge >= 0.3 is 4.87 Å². The number of benzene rings is 1. The molecule has 0 unspecified atom stereocenters. The van der Waals surface area contributed by atoms with Crippen molar-refractivity contribution in [2.24, 2.45) is 0 Å². The Balaban J connectivity index is 2.12. The van der Waals surface area contributed by atoms with Gasteiger partial charge in [0, 0.05) is 19.1 Å². The molecule has 0 amide bonds. The van der Waals surface area contributed by atoms with Crippen molar-refractivity contribution in [3.63, 3.8) is 0 Å². The Kier molecular flexibility index (Phi) is 3.67. The first-order chi connectivity index (χ1) is 9.91. The van der Waals surface area contributed by atoms with E-state index in [1.165, 1.54) is 4.31 Å². The van der Waals surface area contributed by atoms with Crippen LogP contribution in [0, 0.1) is 0 Å². The van der Waals surface area contributed by atoms with Gasteiger partial charge in [-0.2, -0.15) is 4.31 Å². The summed E-state index contributed by atoms with van der Waals surface area (Å²) >= 11 is 1.10. The Morgan fingerprint density at radius 3 is 2.48 bits per heavy atom. The summed E-state index contributed by atoms with van der Waals surface area (Å²) in [5.41, 5.74) is 0.806. The van der Waals surface area contributed by atoms with Gasteiger partial charge in [0.05, 0.1) is 15.1 Å². The zero-order valence-corrected chi connectivity index (χ0v) is 13.7. The number of aromatic nitrogens is 1. The Bertz CT molecular complexity index is 828. The van der Waals surface area contributed by atoms with Crippen molar-refractivity contribution < 1.29 is 8.42 Å². The molecule has 21 heavy (non-hydrogen) atoms. The maximum atomic E-state index is 12.5. The molecule has 1 aliphatic rings. The second-order valence-corrected chi connectivity index (χ2v) is 8.50. The topological polar surface area (TPSA) is 59.4 Å². The number of fused-ring (bicyclic) bond motifs is 1. The zero-order valence-electron chi connectivity index (χ0n) is 12.1.